The third-order valence-electron chi connectivity index (χ3n) is 5.31. The highest BCUT2D eigenvalue weighted by molar-refractivity contribution is 6.08. The lowest BCUT2D eigenvalue weighted by atomic mass is 9.98. The van der Waals surface area contributed by atoms with Gasteiger partial charge in [0.05, 0.1) is 6.20 Å². The van der Waals surface area contributed by atoms with Crippen molar-refractivity contribution in [3.63, 3.8) is 0 Å². The zero-order valence-corrected chi connectivity index (χ0v) is 17.7. The topological polar surface area (TPSA) is 97.1 Å². The molecule has 1 aromatic carbocycles. The molecule has 10 heteroatoms. The Kier molecular flexibility index (Phi) is 5.32. The summed E-state index contributed by atoms with van der Waals surface area (Å²) in [6.07, 6.45) is 2.83. The second-order valence-corrected chi connectivity index (χ2v) is 7.48. The van der Waals surface area contributed by atoms with E-state index in [4.69, 9.17) is 0 Å². The normalized spacial score (nSPS) is 16.1. The van der Waals surface area contributed by atoms with E-state index >= 15 is 0 Å². The van der Waals surface area contributed by atoms with Crippen molar-refractivity contribution in [1.82, 2.24) is 29.7 Å². The fourth-order valence-corrected chi connectivity index (χ4v) is 3.86. The Labute approximate surface area is 178 Å². The summed E-state index contributed by atoms with van der Waals surface area (Å²) in [6.45, 7) is 3.88. The summed E-state index contributed by atoms with van der Waals surface area (Å²) in [6, 6.07) is 4.92. The van der Waals surface area contributed by atoms with Crippen LogP contribution in [-0.2, 0) is 4.79 Å². The van der Waals surface area contributed by atoms with Crippen LogP contribution in [-0.4, -0.2) is 55.9 Å². The minimum absolute atomic E-state index is 0.0824. The van der Waals surface area contributed by atoms with Crippen LogP contribution in [0.5, 0.6) is 0 Å². The van der Waals surface area contributed by atoms with Crippen LogP contribution in [0, 0.1) is 12.7 Å². The van der Waals surface area contributed by atoms with E-state index in [1.165, 1.54) is 24.3 Å². The largest absolute Gasteiger partial charge is 0.302 e. The van der Waals surface area contributed by atoms with Crippen molar-refractivity contribution in [3.8, 4) is 5.69 Å². The van der Waals surface area contributed by atoms with Crippen LogP contribution in [0.25, 0.3) is 5.69 Å². The predicted octanol–water partition coefficient (Wildman–Crippen LogP) is 2.42. The van der Waals surface area contributed by atoms with Gasteiger partial charge in [-0.3, -0.25) is 14.4 Å². The number of aldehydes is 1. The van der Waals surface area contributed by atoms with E-state index in [1.54, 1.807) is 6.20 Å². The molecule has 9 nitrogen and oxygen atoms in total. The first-order valence-corrected chi connectivity index (χ1v) is 9.88. The predicted molar refractivity (Wildman–Crippen MR) is 110 cm³/mol. The number of benzene rings is 1. The molecule has 3 aromatic rings. The maximum absolute atomic E-state index is 13.2. The van der Waals surface area contributed by atoms with E-state index in [1.807, 2.05) is 42.5 Å². The summed E-state index contributed by atoms with van der Waals surface area (Å²) >= 11 is 0. The first kappa shape index (κ1) is 20.7. The van der Waals surface area contributed by atoms with E-state index in [9.17, 15) is 14.0 Å². The number of aromatic nitrogens is 5. The number of ketones is 1. The zero-order valence-electron chi connectivity index (χ0n) is 17.7. The van der Waals surface area contributed by atoms with Gasteiger partial charge >= 0.3 is 0 Å². The van der Waals surface area contributed by atoms with Gasteiger partial charge in [-0.15, -0.1) is 10.2 Å². The molecule has 0 bridgehead atoms. The maximum atomic E-state index is 13.2. The lowest BCUT2D eigenvalue weighted by molar-refractivity contribution is -0.108. The Morgan fingerprint density at radius 3 is 2.58 bits per heavy atom. The van der Waals surface area contributed by atoms with Crippen LogP contribution in [0.15, 0.2) is 30.5 Å². The number of Topliss-reactive ketones (excluding diaryl/α,β-unsaturated/α-hetero) is 1. The molecule has 0 radical (unpaired) electrons. The second-order valence-electron chi connectivity index (χ2n) is 7.48. The lowest BCUT2D eigenvalue weighted by Crippen LogP contribution is -2.45. The Morgan fingerprint density at radius 2 is 1.97 bits per heavy atom. The third-order valence-corrected chi connectivity index (χ3v) is 5.31. The number of carbonyl (C=O) groups is 2. The highest BCUT2D eigenvalue weighted by atomic mass is 19.1. The quantitative estimate of drug-likeness (QED) is 0.339. The Morgan fingerprint density at radius 1 is 1.26 bits per heavy atom. The molecule has 1 aliphatic heterocycles. The van der Waals surface area contributed by atoms with Gasteiger partial charge in [-0.25, -0.2) is 19.4 Å². The third kappa shape index (κ3) is 3.38. The molecule has 160 valence electrons. The van der Waals surface area contributed by atoms with Gasteiger partial charge < -0.3 is 4.79 Å². The summed E-state index contributed by atoms with van der Waals surface area (Å²) in [5.41, 5.74) is 0.881. The van der Waals surface area contributed by atoms with Crippen LogP contribution in [0.4, 0.5) is 10.2 Å². The van der Waals surface area contributed by atoms with Crippen molar-refractivity contribution in [2.24, 2.45) is 0 Å². The molecule has 1 aliphatic rings. The molecule has 0 aliphatic carbocycles. The van der Waals surface area contributed by atoms with E-state index in [0.29, 0.717) is 23.6 Å². The molecule has 0 saturated heterocycles. The van der Waals surface area contributed by atoms with Gasteiger partial charge in [0.25, 0.3) is 0 Å². The minimum atomic E-state index is -1.21. The van der Waals surface area contributed by atoms with Gasteiger partial charge in [0.15, 0.2) is 17.4 Å². The van der Waals surface area contributed by atoms with E-state index < -0.39 is 17.5 Å². The number of nitrogens with zero attached hydrogens (tertiary/aromatic N) is 7. The van der Waals surface area contributed by atoms with Gasteiger partial charge in [0.2, 0.25) is 0 Å². The number of hydrazine groups is 1. The monoisotopic (exact) mass is 423 g/mol. The maximum Gasteiger partial charge on any atom is 0.180 e. The van der Waals surface area contributed by atoms with E-state index in [-0.39, 0.29) is 17.4 Å². The standard InChI is InChI=1S/C21H22FN7O2/c1-5-16-21-26-25-12(2)28(21)17-10-23-19(24-20(17)29(16)27(3)4)15(11-30)18(31)13-6-8-14(22)9-7-13/h6-11,15-16H,5H2,1-4H3/t15?,16-/m1/s1. The van der Waals surface area contributed by atoms with E-state index in [2.05, 4.69) is 20.2 Å². The number of rotatable bonds is 6. The van der Waals surface area contributed by atoms with Crippen molar-refractivity contribution in [2.45, 2.75) is 32.2 Å². The number of aryl methyl sites for hydroxylation is 1. The van der Waals surface area contributed by atoms with Crippen LogP contribution in [0.1, 0.15) is 53.1 Å². The van der Waals surface area contributed by atoms with Gasteiger partial charge in [0, 0.05) is 19.7 Å². The van der Waals surface area contributed by atoms with Crippen molar-refractivity contribution in [3.05, 3.63) is 59.3 Å². The Bertz CT molecular complexity index is 1140. The fraction of sp³-hybridized carbons (Fsp3) is 0.333. The lowest BCUT2D eigenvalue weighted by Gasteiger charge is -2.40. The zero-order chi connectivity index (χ0) is 22.3. The van der Waals surface area contributed by atoms with Crippen LogP contribution >= 0.6 is 0 Å². The molecule has 0 N–H and O–H groups in total. The smallest absolute Gasteiger partial charge is 0.180 e. The molecule has 2 atom stereocenters. The van der Waals surface area contributed by atoms with Crippen molar-refractivity contribution in [2.75, 3.05) is 19.1 Å². The highest BCUT2D eigenvalue weighted by Gasteiger charge is 2.37. The number of carbonyl (C=O) groups excluding carboxylic acids is 2. The number of hydrogen-bond donors (Lipinski definition) is 0. The first-order valence-electron chi connectivity index (χ1n) is 9.88. The highest BCUT2D eigenvalue weighted by Crippen LogP contribution is 2.39. The summed E-state index contributed by atoms with van der Waals surface area (Å²) in [4.78, 5) is 33.8. The fourth-order valence-electron chi connectivity index (χ4n) is 3.86. The summed E-state index contributed by atoms with van der Waals surface area (Å²) < 4.78 is 15.1. The summed E-state index contributed by atoms with van der Waals surface area (Å²) in [7, 11) is 3.77. The number of halogens is 1. The van der Waals surface area contributed by atoms with Gasteiger partial charge in [-0.05, 0) is 37.6 Å². The molecule has 31 heavy (non-hydrogen) atoms. The van der Waals surface area contributed by atoms with Crippen molar-refractivity contribution < 1.29 is 14.0 Å². The number of fused-ring (bicyclic) bond motifs is 3. The molecular formula is C21H22FN7O2. The van der Waals surface area contributed by atoms with Crippen LogP contribution < -0.4 is 5.01 Å². The van der Waals surface area contributed by atoms with Crippen molar-refractivity contribution >= 4 is 17.9 Å². The van der Waals surface area contributed by atoms with Gasteiger partial charge in [-0.1, -0.05) is 6.92 Å². The Balaban J connectivity index is 1.83. The summed E-state index contributed by atoms with van der Waals surface area (Å²) in [5.74, 6) is -0.0594. The van der Waals surface area contributed by atoms with Gasteiger partial charge in [0.1, 0.15) is 41.4 Å². The number of anilines is 1. The van der Waals surface area contributed by atoms with Crippen LogP contribution in [0.2, 0.25) is 0 Å². The molecule has 2 aromatic heterocycles. The molecular weight excluding hydrogens is 401 g/mol. The second kappa shape index (κ2) is 7.95. The molecule has 0 spiro atoms. The average molecular weight is 423 g/mol. The molecule has 0 saturated carbocycles. The van der Waals surface area contributed by atoms with E-state index in [0.717, 1.165) is 12.2 Å². The number of hydrogen-bond acceptors (Lipinski definition) is 8. The molecule has 3 heterocycles. The van der Waals surface area contributed by atoms with Crippen molar-refractivity contribution in [1.29, 1.82) is 0 Å². The van der Waals surface area contributed by atoms with Gasteiger partial charge in [-0.2, -0.15) is 0 Å². The summed E-state index contributed by atoms with van der Waals surface area (Å²) in [5, 5.41) is 12.4. The molecule has 0 fully saturated rings. The molecule has 1 unspecified atom stereocenters. The minimum Gasteiger partial charge on any atom is -0.302 e. The molecule has 0 amide bonds. The Hall–Kier alpha value is -3.53. The SMILES string of the molecule is CC[C@@H]1c2nnc(C)n2-c2cnc(C(C=O)C(=O)c3ccc(F)cc3)nc2N1N(C)C. The first-order chi connectivity index (χ1) is 14.9. The van der Waals surface area contributed by atoms with Crippen LogP contribution in [0.3, 0.4) is 0 Å². The average Bonchev–Trinajstić information content (AvgIpc) is 3.15. The molecule has 4 rings (SSSR count).